The number of amides is 1. The number of aliphatic hydroxyl groups is 1. The molecule has 0 bridgehead atoms. The lowest BCUT2D eigenvalue weighted by Gasteiger charge is -2.19. The molecule has 2 aromatic carbocycles. The van der Waals surface area contributed by atoms with Crippen molar-refractivity contribution in [2.75, 3.05) is 5.32 Å². The number of nitrogens with zero attached hydrogens (tertiary/aromatic N) is 2. The fourth-order valence-electron chi connectivity index (χ4n) is 4.60. The van der Waals surface area contributed by atoms with E-state index in [1.54, 1.807) is 19.2 Å². The highest BCUT2D eigenvalue weighted by molar-refractivity contribution is 5.93. The summed E-state index contributed by atoms with van der Waals surface area (Å²) in [4.78, 5) is 28.0. The second kappa shape index (κ2) is 9.92. The number of hydrogen-bond donors (Lipinski definition) is 2. The van der Waals surface area contributed by atoms with Gasteiger partial charge in [-0.2, -0.15) is 0 Å². The van der Waals surface area contributed by atoms with Crippen LogP contribution >= 0.6 is 0 Å². The van der Waals surface area contributed by atoms with E-state index in [4.69, 9.17) is 0 Å². The van der Waals surface area contributed by atoms with Gasteiger partial charge in [0.15, 0.2) is 0 Å². The Bertz CT molecular complexity index is 1100. The molecule has 0 radical (unpaired) electrons. The van der Waals surface area contributed by atoms with Crippen molar-refractivity contribution in [3.8, 4) is 0 Å². The van der Waals surface area contributed by atoms with E-state index in [1.807, 2.05) is 54.6 Å². The molecule has 0 spiro atoms. The van der Waals surface area contributed by atoms with E-state index in [2.05, 4.69) is 10.3 Å². The van der Waals surface area contributed by atoms with Crippen molar-refractivity contribution in [3.63, 3.8) is 0 Å². The predicted molar refractivity (Wildman–Crippen MR) is 124 cm³/mol. The maximum atomic E-state index is 12.5. The van der Waals surface area contributed by atoms with Crippen LogP contribution in [0.15, 0.2) is 77.9 Å². The minimum absolute atomic E-state index is 0.263. The van der Waals surface area contributed by atoms with Crippen molar-refractivity contribution in [1.82, 2.24) is 9.55 Å². The van der Waals surface area contributed by atoms with Gasteiger partial charge in [0.05, 0.1) is 6.10 Å². The van der Waals surface area contributed by atoms with Gasteiger partial charge >= 0.3 is 5.69 Å². The van der Waals surface area contributed by atoms with Crippen LogP contribution in [-0.2, 0) is 11.2 Å². The number of benzene rings is 2. The molecular weight excluding hydrogens is 402 g/mol. The smallest absolute Gasteiger partial charge is 0.348 e. The van der Waals surface area contributed by atoms with Crippen molar-refractivity contribution < 1.29 is 9.90 Å². The third-order valence-corrected chi connectivity index (χ3v) is 6.45. The fraction of sp³-hybridized carbons (Fsp3) is 0.346. The summed E-state index contributed by atoms with van der Waals surface area (Å²) >= 11 is 0. The van der Waals surface area contributed by atoms with Crippen molar-refractivity contribution in [1.29, 1.82) is 0 Å². The molecule has 2 N–H and O–H groups in total. The van der Waals surface area contributed by atoms with Crippen LogP contribution in [0, 0.1) is 11.8 Å². The molecule has 1 amide bonds. The number of nitrogens with one attached hydrogen (secondary N) is 1. The molecule has 166 valence electrons. The zero-order chi connectivity index (χ0) is 22.5. The normalized spacial score (nSPS) is 19.9. The molecule has 0 saturated heterocycles. The lowest BCUT2D eigenvalue weighted by atomic mass is 9.91. The number of carbonyl (C=O) groups excluding carboxylic acids is 1. The number of rotatable bonds is 7. The zero-order valence-corrected chi connectivity index (χ0v) is 18.2. The molecule has 6 nitrogen and oxygen atoms in total. The third kappa shape index (κ3) is 5.14. The lowest BCUT2D eigenvalue weighted by Crippen LogP contribution is -2.32. The highest BCUT2D eigenvalue weighted by Gasteiger charge is 2.30. The Morgan fingerprint density at radius 1 is 1.12 bits per heavy atom. The first-order valence-corrected chi connectivity index (χ1v) is 11.2. The molecule has 0 aliphatic heterocycles. The standard InChI is InChI=1S/C26H29N3O3/c1-18(29-15-5-14-27-26(29)32)25(31)28-23-12-9-19(10-13-23)16-20-8-11-22(17-20)24(30)21-6-3-2-4-7-21/h2-7,9-10,12-15,18,20,22,24,30H,8,11,16-17H2,1H3,(H,28,31)/t18?,20-,22-,24+/m0/s1. The van der Waals surface area contributed by atoms with Gasteiger partial charge in [0, 0.05) is 18.1 Å². The summed E-state index contributed by atoms with van der Waals surface area (Å²) in [5.74, 6) is 0.594. The monoisotopic (exact) mass is 431 g/mol. The summed E-state index contributed by atoms with van der Waals surface area (Å²) in [6.07, 6.45) is 6.72. The first-order valence-electron chi connectivity index (χ1n) is 11.2. The van der Waals surface area contributed by atoms with Crippen molar-refractivity contribution >= 4 is 11.6 Å². The molecular formula is C26H29N3O3. The fourth-order valence-corrected chi connectivity index (χ4v) is 4.60. The molecule has 4 atom stereocenters. The molecule has 4 rings (SSSR count). The quantitative estimate of drug-likeness (QED) is 0.589. The van der Waals surface area contributed by atoms with E-state index in [0.29, 0.717) is 17.5 Å². The largest absolute Gasteiger partial charge is 0.388 e. The van der Waals surface area contributed by atoms with Crippen LogP contribution < -0.4 is 11.0 Å². The van der Waals surface area contributed by atoms with E-state index in [1.165, 1.54) is 16.3 Å². The second-order valence-electron chi connectivity index (χ2n) is 8.67. The Hall–Kier alpha value is -3.25. The zero-order valence-electron chi connectivity index (χ0n) is 18.2. The van der Waals surface area contributed by atoms with Gasteiger partial charge in [-0.3, -0.25) is 9.36 Å². The highest BCUT2D eigenvalue weighted by atomic mass is 16.3. The van der Waals surface area contributed by atoms with Gasteiger partial charge in [0.25, 0.3) is 0 Å². The molecule has 1 fully saturated rings. The van der Waals surface area contributed by atoms with Gasteiger partial charge < -0.3 is 10.4 Å². The first-order chi connectivity index (χ1) is 15.5. The summed E-state index contributed by atoms with van der Waals surface area (Å²) in [6, 6.07) is 18.8. The highest BCUT2D eigenvalue weighted by Crippen LogP contribution is 2.40. The number of anilines is 1. The molecule has 1 aliphatic rings. The molecule has 6 heteroatoms. The van der Waals surface area contributed by atoms with Crippen LogP contribution in [0.1, 0.15) is 49.5 Å². The topological polar surface area (TPSA) is 84.2 Å². The molecule has 1 saturated carbocycles. The molecule has 1 aliphatic carbocycles. The summed E-state index contributed by atoms with van der Waals surface area (Å²) in [5.41, 5.74) is 2.48. The number of aromatic nitrogens is 2. The maximum absolute atomic E-state index is 12.5. The Morgan fingerprint density at radius 3 is 2.59 bits per heavy atom. The van der Waals surface area contributed by atoms with Gasteiger partial charge in [0.2, 0.25) is 5.91 Å². The van der Waals surface area contributed by atoms with E-state index in [-0.39, 0.29) is 5.91 Å². The Labute approximate surface area is 188 Å². The van der Waals surface area contributed by atoms with Gasteiger partial charge in [-0.15, -0.1) is 0 Å². The molecule has 1 aromatic heterocycles. The van der Waals surface area contributed by atoms with Crippen molar-refractivity contribution in [2.45, 2.75) is 44.8 Å². The Kier molecular flexibility index (Phi) is 6.81. The van der Waals surface area contributed by atoms with Gasteiger partial charge in [-0.05, 0) is 73.8 Å². The second-order valence-corrected chi connectivity index (χ2v) is 8.67. The van der Waals surface area contributed by atoms with E-state index in [0.717, 1.165) is 31.2 Å². The van der Waals surface area contributed by atoms with Gasteiger partial charge in [-0.25, -0.2) is 9.78 Å². The van der Waals surface area contributed by atoms with Crippen LogP contribution in [0.4, 0.5) is 5.69 Å². The average molecular weight is 432 g/mol. The van der Waals surface area contributed by atoms with E-state index in [9.17, 15) is 14.7 Å². The van der Waals surface area contributed by atoms with Gasteiger partial charge in [0.1, 0.15) is 6.04 Å². The lowest BCUT2D eigenvalue weighted by molar-refractivity contribution is -0.118. The maximum Gasteiger partial charge on any atom is 0.348 e. The van der Waals surface area contributed by atoms with E-state index >= 15 is 0 Å². The van der Waals surface area contributed by atoms with Crippen LogP contribution in [0.25, 0.3) is 0 Å². The third-order valence-electron chi connectivity index (χ3n) is 6.45. The molecule has 32 heavy (non-hydrogen) atoms. The van der Waals surface area contributed by atoms with Crippen LogP contribution in [0.5, 0.6) is 0 Å². The number of aliphatic hydroxyl groups excluding tert-OH is 1. The molecule has 1 heterocycles. The predicted octanol–water partition coefficient (Wildman–Crippen LogP) is 4.14. The van der Waals surface area contributed by atoms with Crippen LogP contribution in [0.3, 0.4) is 0 Å². The van der Waals surface area contributed by atoms with E-state index < -0.39 is 17.8 Å². The minimum atomic E-state index is -0.651. The van der Waals surface area contributed by atoms with Crippen LogP contribution in [-0.4, -0.2) is 20.6 Å². The number of carbonyl (C=O) groups is 1. The van der Waals surface area contributed by atoms with Gasteiger partial charge in [-0.1, -0.05) is 42.5 Å². The summed E-state index contributed by atoms with van der Waals surface area (Å²) < 4.78 is 1.31. The summed E-state index contributed by atoms with van der Waals surface area (Å²) in [6.45, 7) is 1.67. The van der Waals surface area contributed by atoms with Crippen LogP contribution in [0.2, 0.25) is 0 Å². The van der Waals surface area contributed by atoms with Crippen molar-refractivity contribution in [3.05, 3.63) is 94.7 Å². The minimum Gasteiger partial charge on any atom is -0.388 e. The average Bonchev–Trinajstić information content (AvgIpc) is 3.28. The SMILES string of the molecule is CC(C(=O)Nc1ccc(C[C@@H]2CC[C@H]([C@H](O)c3ccccc3)C2)cc1)n1cccnc1=O. The molecule has 1 unspecified atom stereocenters. The Balaban J connectivity index is 1.31. The Morgan fingerprint density at radius 2 is 1.88 bits per heavy atom. The first kappa shape index (κ1) is 22.0. The van der Waals surface area contributed by atoms with Crippen molar-refractivity contribution in [2.24, 2.45) is 11.8 Å². The summed E-state index contributed by atoms with van der Waals surface area (Å²) in [7, 11) is 0. The number of hydrogen-bond acceptors (Lipinski definition) is 4. The molecule has 3 aromatic rings. The summed E-state index contributed by atoms with van der Waals surface area (Å²) in [5, 5.41) is 13.6.